The number of nitrogens with zero attached hydrogens (tertiary/aromatic N) is 3. The minimum Gasteiger partial charge on any atom is -0.335 e. The van der Waals surface area contributed by atoms with E-state index in [1.165, 1.54) is 24.5 Å². The lowest BCUT2D eigenvalue weighted by atomic mass is 10.3. The van der Waals surface area contributed by atoms with E-state index in [4.69, 9.17) is 5.73 Å². The highest BCUT2D eigenvalue weighted by atomic mass is 79.9. The molecule has 0 spiro atoms. The lowest BCUT2D eigenvalue weighted by Crippen LogP contribution is -2.13. The molecular weight excluding hydrogens is 342 g/mol. The van der Waals surface area contributed by atoms with Crippen LogP contribution in [0.3, 0.4) is 0 Å². The number of anilines is 1. The molecule has 0 aliphatic rings. The predicted octanol–water partition coefficient (Wildman–Crippen LogP) is 1.76. The maximum Gasteiger partial charge on any atom is 0.275 e. The van der Waals surface area contributed by atoms with Crippen molar-refractivity contribution >= 4 is 33.2 Å². The van der Waals surface area contributed by atoms with Crippen LogP contribution in [0.4, 0.5) is 11.4 Å². The number of aromatic nitrogens is 2. The number of nitrogens with two attached hydrogens (primary N) is 1. The molecule has 0 saturated carbocycles. The van der Waals surface area contributed by atoms with Gasteiger partial charge in [-0.05, 0) is 22.0 Å². The normalized spacial score (nSPS) is 10.4. The van der Waals surface area contributed by atoms with Gasteiger partial charge in [0.2, 0.25) is 0 Å². The van der Waals surface area contributed by atoms with Crippen LogP contribution in [0.2, 0.25) is 0 Å². The van der Waals surface area contributed by atoms with Gasteiger partial charge in [0.1, 0.15) is 5.69 Å². The van der Waals surface area contributed by atoms with Crippen LogP contribution in [-0.4, -0.2) is 26.9 Å². The third kappa shape index (κ3) is 3.64. The zero-order valence-corrected chi connectivity index (χ0v) is 12.4. The van der Waals surface area contributed by atoms with Crippen molar-refractivity contribution in [3.8, 4) is 0 Å². The average molecular weight is 354 g/mol. The first-order chi connectivity index (χ1) is 10.0. The number of nitro groups is 1. The molecule has 0 aliphatic heterocycles. The highest BCUT2D eigenvalue weighted by Gasteiger charge is 2.14. The Bertz CT molecular complexity index is 685. The van der Waals surface area contributed by atoms with E-state index in [0.29, 0.717) is 23.2 Å². The van der Waals surface area contributed by atoms with E-state index < -0.39 is 10.8 Å². The summed E-state index contributed by atoms with van der Waals surface area (Å²) in [6.45, 7) is 1.02. The SMILES string of the molecule is NCCn1cnc(C(=O)Nc2ccc([N+](=O)[O-])cc2Br)c1. The number of carbonyl (C=O) groups is 1. The zero-order chi connectivity index (χ0) is 15.4. The molecule has 0 fully saturated rings. The van der Waals surface area contributed by atoms with E-state index >= 15 is 0 Å². The molecule has 1 aromatic carbocycles. The van der Waals surface area contributed by atoms with Gasteiger partial charge in [0.25, 0.3) is 11.6 Å². The number of halogens is 1. The third-order valence-electron chi connectivity index (χ3n) is 2.66. The smallest absolute Gasteiger partial charge is 0.275 e. The Morgan fingerprint density at radius 2 is 2.29 bits per heavy atom. The quantitative estimate of drug-likeness (QED) is 0.627. The van der Waals surface area contributed by atoms with Gasteiger partial charge in [0.15, 0.2) is 0 Å². The maximum absolute atomic E-state index is 12.0. The van der Waals surface area contributed by atoms with E-state index in [-0.39, 0.29) is 11.4 Å². The molecule has 0 radical (unpaired) electrons. The molecule has 1 aromatic heterocycles. The number of hydrogen-bond donors (Lipinski definition) is 2. The fraction of sp³-hybridized carbons (Fsp3) is 0.167. The summed E-state index contributed by atoms with van der Waals surface area (Å²) in [6, 6.07) is 4.09. The Hall–Kier alpha value is -2.26. The summed E-state index contributed by atoms with van der Waals surface area (Å²) in [7, 11) is 0. The Morgan fingerprint density at radius 1 is 1.52 bits per heavy atom. The van der Waals surface area contributed by atoms with Crippen LogP contribution in [-0.2, 0) is 6.54 Å². The van der Waals surface area contributed by atoms with Crippen LogP contribution in [0.25, 0.3) is 0 Å². The number of carbonyl (C=O) groups excluding carboxylic acids is 1. The van der Waals surface area contributed by atoms with Crippen molar-refractivity contribution in [3.63, 3.8) is 0 Å². The van der Waals surface area contributed by atoms with Crippen molar-refractivity contribution in [1.29, 1.82) is 0 Å². The van der Waals surface area contributed by atoms with Crippen LogP contribution < -0.4 is 11.1 Å². The number of rotatable bonds is 5. The van der Waals surface area contributed by atoms with E-state index in [0.717, 1.165) is 0 Å². The third-order valence-corrected chi connectivity index (χ3v) is 3.32. The Balaban J connectivity index is 2.13. The molecule has 2 aromatic rings. The molecule has 110 valence electrons. The van der Waals surface area contributed by atoms with E-state index in [1.807, 2.05) is 0 Å². The summed E-state index contributed by atoms with van der Waals surface area (Å²) in [5.74, 6) is -0.402. The van der Waals surface area contributed by atoms with Crippen LogP contribution in [0.15, 0.2) is 35.2 Å². The summed E-state index contributed by atoms with van der Waals surface area (Å²) in [4.78, 5) is 26.1. The predicted molar refractivity (Wildman–Crippen MR) is 80.0 cm³/mol. The van der Waals surface area contributed by atoms with E-state index in [1.54, 1.807) is 10.8 Å². The molecular formula is C12H12BrN5O3. The number of non-ortho nitro benzene ring substituents is 1. The number of amides is 1. The average Bonchev–Trinajstić information content (AvgIpc) is 2.90. The van der Waals surface area contributed by atoms with Gasteiger partial charge in [-0.2, -0.15) is 0 Å². The van der Waals surface area contributed by atoms with Crippen LogP contribution >= 0.6 is 15.9 Å². The van der Waals surface area contributed by atoms with Gasteiger partial charge < -0.3 is 15.6 Å². The van der Waals surface area contributed by atoms with Gasteiger partial charge in [0, 0.05) is 35.9 Å². The highest BCUT2D eigenvalue weighted by Crippen LogP contribution is 2.27. The molecule has 0 aliphatic carbocycles. The Labute approximate surface area is 128 Å². The number of imidazole rings is 1. The van der Waals surface area contributed by atoms with Gasteiger partial charge in [-0.1, -0.05) is 0 Å². The van der Waals surface area contributed by atoms with Crippen LogP contribution in [0.5, 0.6) is 0 Å². The summed E-state index contributed by atoms with van der Waals surface area (Å²) in [6.07, 6.45) is 3.11. The molecule has 8 nitrogen and oxygen atoms in total. The van der Waals surface area contributed by atoms with Gasteiger partial charge in [-0.25, -0.2) is 4.98 Å². The zero-order valence-electron chi connectivity index (χ0n) is 10.8. The second-order valence-electron chi connectivity index (χ2n) is 4.16. The standard InChI is InChI=1S/C12H12BrN5O3/c13-9-5-8(18(20)21)1-2-10(9)16-12(19)11-6-17(4-3-14)7-15-11/h1-2,5-7H,3-4,14H2,(H,16,19). The molecule has 0 atom stereocenters. The molecule has 2 rings (SSSR count). The second-order valence-corrected chi connectivity index (χ2v) is 5.02. The highest BCUT2D eigenvalue weighted by molar-refractivity contribution is 9.10. The monoisotopic (exact) mass is 353 g/mol. The van der Waals surface area contributed by atoms with E-state index in [2.05, 4.69) is 26.2 Å². The topological polar surface area (TPSA) is 116 Å². The first kappa shape index (κ1) is 15.1. The van der Waals surface area contributed by atoms with Gasteiger partial charge in [0.05, 0.1) is 16.9 Å². The summed E-state index contributed by atoms with van der Waals surface area (Å²) in [5.41, 5.74) is 6.03. The first-order valence-electron chi connectivity index (χ1n) is 5.98. The van der Waals surface area contributed by atoms with Crippen molar-refractivity contribution in [1.82, 2.24) is 9.55 Å². The lowest BCUT2D eigenvalue weighted by molar-refractivity contribution is -0.384. The molecule has 21 heavy (non-hydrogen) atoms. The first-order valence-corrected chi connectivity index (χ1v) is 6.77. The molecule has 1 amide bonds. The minimum atomic E-state index is -0.509. The number of nitrogens with one attached hydrogen (secondary N) is 1. The van der Waals surface area contributed by atoms with Gasteiger partial charge >= 0.3 is 0 Å². The molecule has 0 unspecified atom stereocenters. The molecule has 9 heteroatoms. The molecule has 0 bridgehead atoms. The van der Waals surface area contributed by atoms with Crippen molar-refractivity contribution in [3.05, 3.63) is 51.0 Å². The van der Waals surface area contributed by atoms with Crippen molar-refractivity contribution in [2.24, 2.45) is 5.73 Å². The summed E-state index contributed by atoms with van der Waals surface area (Å²) >= 11 is 3.19. The van der Waals surface area contributed by atoms with Crippen LogP contribution in [0.1, 0.15) is 10.5 Å². The van der Waals surface area contributed by atoms with Crippen molar-refractivity contribution in [2.45, 2.75) is 6.54 Å². The number of nitro benzene ring substituents is 1. The van der Waals surface area contributed by atoms with Crippen molar-refractivity contribution in [2.75, 3.05) is 11.9 Å². The fourth-order valence-electron chi connectivity index (χ4n) is 1.65. The second kappa shape index (κ2) is 6.46. The molecule has 3 N–H and O–H groups in total. The minimum absolute atomic E-state index is 0.0629. The largest absolute Gasteiger partial charge is 0.335 e. The van der Waals surface area contributed by atoms with Crippen molar-refractivity contribution < 1.29 is 9.72 Å². The molecule has 0 saturated heterocycles. The van der Waals surface area contributed by atoms with Gasteiger partial charge in [-0.3, -0.25) is 14.9 Å². The lowest BCUT2D eigenvalue weighted by Gasteiger charge is -2.05. The summed E-state index contributed by atoms with van der Waals surface area (Å²) < 4.78 is 2.13. The number of benzene rings is 1. The maximum atomic E-state index is 12.0. The molecule has 1 heterocycles. The fourth-order valence-corrected chi connectivity index (χ4v) is 2.12. The Morgan fingerprint density at radius 3 is 2.90 bits per heavy atom. The summed E-state index contributed by atoms with van der Waals surface area (Å²) in [5, 5.41) is 13.3. The van der Waals surface area contributed by atoms with Gasteiger partial charge in [-0.15, -0.1) is 0 Å². The van der Waals surface area contributed by atoms with Crippen LogP contribution in [0, 0.1) is 10.1 Å². The number of hydrogen-bond acceptors (Lipinski definition) is 5. The Kier molecular flexibility index (Phi) is 4.66. The van der Waals surface area contributed by atoms with E-state index in [9.17, 15) is 14.9 Å².